The number of benzene rings is 1. The fourth-order valence-corrected chi connectivity index (χ4v) is 2.27. The highest BCUT2D eigenvalue weighted by molar-refractivity contribution is 5.70. The van der Waals surface area contributed by atoms with Gasteiger partial charge < -0.3 is 14.8 Å². The lowest BCUT2D eigenvalue weighted by atomic mass is 10.0. The number of nitrogens with one attached hydrogen (secondary N) is 1. The standard InChI is InChI=1S/C16H23NO3/c1-13-4-2-3-5-15(13)17-9-6-16(18)20-12-14-7-10-19-11-8-14/h2-5,14,17H,6-12H2,1H3. The maximum Gasteiger partial charge on any atom is 0.307 e. The van der Waals surface area contributed by atoms with Gasteiger partial charge in [-0.1, -0.05) is 18.2 Å². The van der Waals surface area contributed by atoms with E-state index in [0.717, 1.165) is 31.7 Å². The second-order valence-electron chi connectivity index (χ2n) is 5.23. The predicted octanol–water partition coefficient (Wildman–Crippen LogP) is 2.77. The molecule has 20 heavy (non-hydrogen) atoms. The van der Waals surface area contributed by atoms with Crippen LogP contribution in [0.5, 0.6) is 0 Å². The summed E-state index contributed by atoms with van der Waals surface area (Å²) in [4.78, 5) is 11.7. The topological polar surface area (TPSA) is 47.6 Å². The number of esters is 1. The van der Waals surface area contributed by atoms with Crippen molar-refractivity contribution in [3.05, 3.63) is 29.8 Å². The fraction of sp³-hybridized carbons (Fsp3) is 0.562. The largest absolute Gasteiger partial charge is 0.465 e. The van der Waals surface area contributed by atoms with Gasteiger partial charge in [-0.25, -0.2) is 0 Å². The van der Waals surface area contributed by atoms with E-state index < -0.39 is 0 Å². The van der Waals surface area contributed by atoms with Crippen LogP contribution in [0, 0.1) is 12.8 Å². The van der Waals surface area contributed by atoms with Crippen molar-refractivity contribution in [2.75, 3.05) is 31.7 Å². The first kappa shape index (κ1) is 14.9. The van der Waals surface area contributed by atoms with Crippen LogP contribution in [0.15, 0.2) is 24.3 Å². The summed E-state index contributed by atoms with van der Waals surface area (Å²) in [6.45, 7) is 4.77. The predicted molar refractivity (Wildman–Crippen MR) is 78.8 cm³/mol. The molecule has 1 aliphatic rings. The van der Waals surface area contributed by atoms with Gasteiger partial charge >= 0.3 is 5.97 Å². The number of carbonyl (C=O) groups is 1. The van der Waals surface area contributed by atoms with Crippen molar-refractivity contribution in [2.45, 2.75) is 26.2 Å². The molecule has 0 atom stereocenters. The number of hydrogen-bond donors (Lipinski definition) is 1. The van der Waals surface area contributed by atoms with Gasteiger partial charge in [0, 0.05) is 25.4 Å². The summed E-state index contributed by atoms with van der Waals surface area (Å²) < 4.78 is 10.6. The zero-order valence-electron chi connectivity index (χ0n) is 12.1. The molecule has 4 nitrogen and oxygen atoms in total. The van der Waals surface area contributed by atoms with Gasteiger partial charge in [0.05, 0.1) is 13.0 Å². The maximum atomic E-state index is 11.7. The molecule has 1 aromatic carbocycles. The van der Waals surface area contributed by atoms with E-state index in [2.05, 4.69) is 5.32 Å². The van der Waals surface area contributed by atoms with Crippen molar-refractivity contribution in [2.24, 2.45) is 5.92 Å². The Morgan fingerprint density at radius 1 is 1.35 bits per heavy atom. The summed E-state index contributed by atoms with van der Waals surface area (Å²) in [5, 5.41) is 3.26. The van der Waals surface area contributed by atoms with Gasteiger partial charge in [0.2, 0.25) is 0 Å². The van der Waals surface area contributed by atoms with Crippen LogP contribution in [0.2, 0.25) is 0 Å². The van der Waals surface area contributed by atoms with E-state index in [1.165, 1.54) is 5.56 Å². The molecule has 0 amide bonds. The number of para-hydroxylation sites is 1. The van der Waals surface area contributed by atoms with Crippen LogP contribution in [0.1, 0.15) is 24.8 Å². The molecule has 0 aliphatic carbocycles. The summed E-state index contributed by atoms with van der Waals surface area (Å²) in [7, 11) is 0. The summed E-state index contributed by atoms with van der Waals surface area (Å²) in [6, 6.07) is 8.05. The smallest absolute Gasteiger partial charge is 0.307 e. The molecule has 1 aromatic rings. The molecule has 0 aromatic heterocycles. The zero-order valence-corrected chi connectivity index (χ0v) is 12.1. The molecule has 110 valence electrons. The van der Waals surface area contributed by atoms with Crippen molar-refractivity contribution in [3.63, 3.8) is 0 Å². The quantitative estimate of drug-likeness (QED) is 0.812. The van der Waals surface area contributed by atoms with E-state index in [1.807, 2.05) is 31.2 Å². The van der Waals surface area contributed by atoms with E-state index in [4.69, 9.17) is 9.47 Å². The Balaban J connectivity index is 1.61. The van der Waals surface area contributed by atoms with Crippen molar-refractivity contribution < 1.29 is 14.3 Å². The fourth-order valence-electron chi connectivity index (χ4n) is 2.27. The lowest BCUT2D eigenvalue weighted by molar-refractivity contribution is -0.145. The van der Waals surface area contributed by atoms with Gasteiger partial charge in [0.1, 0.15) is 0 Å². The minimum absolute atomic E-state index is 0.127. The lowest BCUT2D eigenvalue weighted by Crippen LogP contribution is -2.22. The Labute approximate surface area is 120 Å². The Hall–Kier alpha value is -1.55. The van der Waals surface area contributed by atoms with Crippen LogP contribution in [0.25, 0.3) is 0 Å². The highest BCUT2D eigenvalue weighted by atomic mass is 16.5. The van der Waals surface area contributed by atoms with Gasteiger partial charge in [-0.15, -0.1) is 0 Å². The Morgan fingerprint density at radius 3 is 2.85 bits per heavy atom. The lowest BCUT2D eigenvalue weighted by Gasteiger charge is -2.21. The molecule has 0 radical (unpaired) electrons. The third kappa shape index (κ3) is 4.85. The summed E-state index contributed by atoms with van der Waals surface area (Å²) >= 11 is 0. The summed E-state index contributed by atoms with van der Waals surface area (Å²) in [5.74, 6) is 0.342. The molecule has 0 saturated carbocycles. The maximum absolute atomic E-state index is 11.7. The molecule has 1 N–H and O–H groups in total. The van der Waals surface area contributed by atoms with Gasteiger partial charge in [0.25, 0.3) is 0 Å². The number of ether oxygens (including phenoxy) is 2. The minimum atomic E-state index is -0.127. The third-order valence-electron chi connectivity index (χ3n) is 3.61. The molecular formula is C16H23NO3. The van der Waals surface area contributed by atoms with Gasteiger partial charge in [-0.05, 0) is 37.3 Å². The van der Waals surface area contributed by atoms with Crippen LogP contribution in [-0.4, -0.2) is 32.3 Å². The van der Waals surface area contributed by atoms with Crippen LogP contribution < -0.4 is 5.32 Å². The Kier molecular flexibility index (Phi) is 5.87. The van der Waals surface area contributed by atoms with Crippen LogP contribution in [-0.2, 0) is 14.3 Å². The third-order valence-corrected chi connectivity index (χ3v) is 3.61. The molecule has 0 bridgehead atoms. The molecule has 2 rings (SSSR count). The number of carbonyl (C=O) groups excluding carboxylic acids is 1. The van der Waals surface area contributed by atoms with E-state index in [9.17, 15) is 4.79 Å². The second-order valence-corrected chi connectivity index (χ2v) is 5.23. The zero-order chi connectivity index (χ0) is 14.2. The Bertz CT molecular complexity index is 427. The van der Waals surface area contributed by atoms with Crippen molar-refractivity contribution >= 4 is 11.7 Å². The summed E-state index contributed by atoms with van der Waals surface area (Å²) in [5.41, 5.74) is 2.26. The molecule has 1 heterocycles. The van der Waals surface area contributed by atoms with Gasteiger partial charge in [-0.3, -0.25) is 4.79 Å². The first-order chi connectivity index (χ1) is 9.75. The van der Waals surface area contributed by atoms with Gasteiger partial charge in [0.15, 0.2) is 0 Å². The average molecular weight is 277 g/mol. The highest BCUT2D eigenvalue weighted by Crippen LogP contribution is 2.15. The van der Waals surface area contributed by atoms with Crippen LogP contribution in [0.4, 0.5) is 5.69 Å². The highest BCUT2D eigenvalue weighted by Gasteiger charge is 2.15. The Morgan fingerprint density at radius 2 is 2.10 bits per heavy atom. The van der Waals surface area contributed by atoms with Crippen molar-refractivity contribution in [1.82, 2.24) is 0 Å². The normalized spacial score (nSPS) is 15.8. The van der Waals surface area contributed by atoms with E-state index in [-0.39, 0.29) is 5.97 Å². The number of rotatable bonds is 6. The molecule has 4 heteroatoms. The van der Waals surface area contributed by atoms with E-state index in [1.54, 1.807) is 0 Å². The van der Waals surface area contributed by atoms with Crippen LogP contribution >= 0.6 is 0 Å². The first-order valence-corrected chi connectivity index (χ1v) is 7.28. The van der Waals surface area contributed by atoms with E-state index in [0.29, 0.717) is 25.5 Å². The average Bonchev–Trinajstić information content (AvgIpc) is 2.48. The molecular weight excluding hydrogens is 254 g/mol. The molecule has 0 unspecified atom stereocenters. The van der Waals surface area contributed by atoms with Gasteiger partial charge in [-0.2, -0.15) is 0 Å². The number of hydrogen-bond acceptors (Lipinski definition) is 4. The SMILES string of the molecule is Cc1ccccc1NCCC(=O)OCC1CCOCC1. The molecule has 1 fully saturated rings. The number of anilines is 1. The van der Waals surface area contributed by atoms with Crippen LogP contribution in [0.3, 0.4) is 0 Å². The monoisotopic (exact) mass is 277 g/mol. The molecule has 0 spiro atoms. The first-order valence-electron chi connectivity index (χ1n) is 7.28. The second kappa shape index (κ2) is 7.90. The molecule has 1 saturated heterocycles. The minimum Gasteiger partial charge on any atom is -0.465 e. The number of aryl methyl sites for hydroxylation is 1. The van der Waals surface area contributed by atoms with Crippen molar-refractivity contribution in [3.8, 4) is 0 Å². The van der Waals surface area contributed by atoms with Crippen molar-refractivity contribution in [1.29, 1.82) is 0 Å². The molecule has 1 aliphatic heterocycles. The summed E-state index contributed by atoms with van der Waals surface area (Å²) in [6.07, 6.45) is 2.39. The van der Waals surface area contributed by atoms with E-state index >= 15 is 0 Å².